The summed E-state index contributed by atoms with van der Waals surface area (Å²) < 4.78 is 15.8. The highest BCUT2D eigenvalue weighted by Gasteiger charge is 2.02. The Morgan fingerprint density at radius 2 is 1.53 bits per heavy atom. The molecule has 0 N–H and O–H groups in total. The Morgan fingerprint density at radius 3 is 2.00 bits per heavy atom. The highest BCUT2D eigenvalue weighted by molar-refractivity contribution is 7.80. The number of hydrogen-bond donors (Lipinski definition) is 1. The van der Waals surface area contributed by atoms with Gasteiger partial charge in [0.25, 0.3) is 0 Å². The average molecular weight is 228 g/mol. The molecule has 0 spiro atoms. The molecule has 0 unspecified atom stereocenters. The standard InChI is InChI=1S/C11H16O3S/c1-12-9-6-10(13-2)8-11(7-9)14-4-3-5-15/h6-8,15H,3-5H2,1-2H3. The van der Waals surface area contributed by atoms with Gasteiger partial charge in [-0.25, -0.2) is 0 Å². The quantitative estimate of drug-likeness (QED) is 0.598. The Labute approximate surface area is 95.8 Å². The molecule has 15 heavy (non-hydrogen) atoms. The van der Waals surface area contributed by atoms with Crippen LogP contribution < -0.4 is 14.2 Å². The second kappa shape index (κ2) is 6.45. The third kappa shape index (κ3) is 3.91. The molecule has 1 aromatic carbocycles. The zero-order valence-corrected chi connectivity index (χ0v) is 9.92. The van der Waals surface area contributed by atoms with Gasteiger partial charge in [0, 0.05) is 18.2 Å². The lowest BCUT2D eigenvalue weighted by Gasteiger charge is -2.09. The van der Waals surface area contributed by atoms with Crippen LogP contribution in [0.2, 0.25) is 0 Å². The summed E-state index contributed by atoms with van der Waals surface area (Å²) in [5, 5.41) is 0. The molecule has 0 saturated carbocycles. The van der Waals surface area contributed by atoms with Crippen LogP contribution in [-0.4, -0.2) is 26.6 Å². The Hall–Kier alpha value is -1.03. The lowest BCUT2D eigenvalue weighted by atomic mass is 10.3. The fourth-order valence-electron chi connectivity index (χ4n) is 1.12. The third-order valence-electron chi connectivity index (χ3n) is 1.90. The first kappa shape index (κ1) is 12.0. The summed E-state index contributed by atoms with van der Waals surface area (Å²) in [6, 6.07) is 5.48. The molecule has 0 saturated heterocycles. The predicted octanol–water partition coefficient (Wildman–Crippen LogP) is 2.40. The van der Waals surface area contributed by atoms with Crippen LogP contribution in [0.3, 0.4) is 0 Å². The van der Waals surface area contributed by atoms with Gasteiger partial charge in [-0.15, -0.1) is 0 Å². The van der Waals surface area contributed by atoms with Crippen LogP contribution in [-0.2, 0) is 0 Å². The Morgan fingerprint density at radius 1 is 1.00 bits per heavy atom. The van der Waals surface area contributed by atoms with E-state index in [1.165, 1.54) is 0 Å². The number of rotatable bonds is 6. The van der Waals surface area contributed by atoms with E-state index in [9.17, 15) is 0 Å². The smallest absolute Gasteiger partial charge is 0.126 e. The Kier molecular flexibility index (Phi) is 5.18. The van der Waals surface area contributed by atoms with Crippen LogP contribution in [0.5, 0.6) is 17.2 Å². The first-order valence-electron chi connectivity index (χ1n) is 4.77. The SMILES string of the molecule is COc1cc(OC)cc(OCCCS)c1. The van der Waals surface area contributed by atoms with Crippen molar-refractivity contribution in [2.75, 3.05) is 26.6 Å². The molecule has 0 fully saturated rings. The minimum atomic E-state index is 0.653. The number of hydrogen-bond acceptors (Lipinski definition) is 4. The molecule has 0 aromatic heterocycles. The van der Waals surface area contributed by atoms with Crippen LogP contribution >= 0.6 is 12.6 Å². The summed E-state index contributed by atoms with van der Waals surface area (Å²) in [5.74, 6) is 3.04. The third-order valence-corrected chi connectivity index (χ3v) is 2.21. The maximum absolute atomic E-state index is 5.52. The van der Waals surface area contributed by atoms with Gasteiger partial charge in [-0.3, -0.25) is 0 Å². The molecule has 0 atom stereocenters. The monoisotopic (exact) mass is 228 g/mol. The van der Waals surface area contributed by atoms with E-state index in [-0.39, 0.29) is 0 Å². The summed E-state index contributed by atoms with van der Waals surface area (Å²) in [6.45, 7) is 0.653. The normalized spacial score (nSPS) is 9.80. The highest BCUT2D eigenvalue weighted by atomic mass is 32.1. The molecule has 1 rings (SSSR count). The molecular weight excluding hydrogens is 212 g/mol. The second-order valence-electron chi connectivity index (χ2n) is 2.97. The summed E-state index contributed by atoms with van der Waals surface area (Å²) in [7, 11) is 3.23. The van der Waals surface area contributed by atoms with Crippen LogP contribution in [0.25, 0.3) is 0 Å². The van der Waals surface area contributed by atoms with Gasteiger partial charge in [0.2, 0.25) is 0 Å². The van der Waals surface area contributed by atoms with Gasteiger partial charge in [-0.05, 0) is 12.2 Å². The zero-order chi connectivity index (χ0) is 11.1. The average Bonchev–Trinajstić information content (AvgIpc) is 2.29. The minimum Gasteiger partial charge on any atom is -0.496 e. The molecule has 0 bridgehead atoms. The van der Waals surface area contributed by atoms with E-state index in [1.807, 2.05) is 18.2 Å². The first-order valence-corrected chi connectivity index (χ1v) is 5.40. The van der Waals surface area contributed by atoms with Crippen LogP contribution in [0, 0.1) is 0 Å². The van der Waals surface area contributed by atoms with E-state index >= 15 is 0 Å². The summed E-state index contributed by atoms with van der Waals surface area (Å²) in [4.78, 5) is 0. The van der Waals surface area contributed by atoms with Gasteiger partial charge in [0.15, 0.2) is 0 Å². The molecule has 0 aliphatic rings. The van der Waals surface area contributed by atoms with Gasteiger partial charge in [0.05, 0.1) is 20.8 Å². The molecule has 0 heterocycles. The van der Waals surface area contributed by atoms with Crippen molar-refractivity contribution in [2.24, 2.45) is 0 Å². The van der Waals surface area contributed by atoms with E-state index in [4.69, 9.17) is 14.2 Å². The van der Waals surface area contributed by atoms with E-state index in [2.05, 4.69) is 12.6 Å². The fourth-order valence-corrected chi connectivity index (χ4v) is 1.25. The van der Waals surface area contributed by atoms with Gasteiger partial charge in [-0.2, -0.15) is 12.6 Å². The van der Waals surface area contributed by atoms with Crippen LogP contribution in [0.15, 0.2) is 18.2 Å². The molecule has 0 radical (unpaired) electrons. The zero-order valence-electron chi connectivity index (χ0n) is 9.03. The van der Waals surface area contributed by atoms with Crippen molar-refractivity contribution in [3.05, 3.63) is 18.2 Å². The Bertz CT molecular complexity index is 280. The molecular formula is C11H16O3S. The fraction of sp³-hybridized carbons (Fsp3) is 0.455. The van der Waals surface area contributed by atoms with Gasteiger partial charge in [0.1, 0.15) is 17.2 Å². The second-order valence-corrected chi connectivity index (χ2v) is 3.42. The van der Waals surface area contributed by atoms with Crippen molar-refractivity contribution in [1.82, 2.24) is 0 Å². The molecule has 1 aromatic rings. The highest BCUT2D eigenvalue weighted by Crippen LogP contribution is 2.27. The molecule has 4 heteroatoms. The van der Waals surface area contributed by atoms with E-state index < -0.39 is 0 Å². The molecule has 0 aliphatic carbocycles. The number of ether oxygens (including phenoxy) is 3. The van der Waals surface area contributed by atoms with Crippen molar-refractivity contribution < 1.29 is 14.2 Å². The molecule has 0 aliphatic heterocycles. The maximum atomic E-state index is 5.52. The van der Waals surface area contributed by atoms with Crippen molar-refractivity contribution >= 4 is 12.6 Å². The predicted molar refractivity (Wildman–Crippen MR) is 63.5 cm³/mol. The van der Waals surface area contributed by atoms with E-state index in [0.717, 1.165) is 29.4 Å². The lowest BCUT2D eigenvalue weighted by molar-refractivity contribution is 0.312. The van der Waals surface area contributed by atoms with Crippen molar-refractivity contribution in [3.63, 3.8) is 0 Å². The molecule has 0 amide bonds. The number of methoxy groups -OCH3 is 2. The van der Waals surface area contributed by atoms with Crippen LogP contribution in [0.4, 0.5) is 0 Å². The topological polar surface area (TPSA) is 27.7 Å². The lowest BCUT2D eigenvalue weighted by Crippen LogP contribution is -1.98. The van der Waals surface area contributed by atoms with Crippen molar-refractivity contribution in [1.29, 1.82) is 0 Å². The van der Waals surface area contributed by atoms with Crippen molar-refractivity contribution in [3.8, 4) is 17.2 Å². The first-order chi connectivity index (χ1) is 7.30. The Balaban J connectivity index is 2.68. The minimum absolute atomic E-state index is 0.653. The maximum Gasteiger partial charge on any atom is 0.126 e. The van der Waals surface area contributed by atoms with E-state index in [1.54, 1.807) is 14.2 Å². The van der Waals surface area contributed by atoms with Crippen molar-refractivity contribution in [2.45, 2.75) is 6.42 Å². The van der Waals surface area contributed by atoms with Gasteiger partial charge >= 0.3 is 0 Å². The molecule has 84 valence electrons. The van der Waals surface area contributed by atoms with Gasteiger partial charge in [-0.1, -0.05) is 0 Å². The largest absolute Gasteiger partial charge is 0.496 e. The van der Waals surface area contributed by atoms with E-state index in [0.29, 0.717) is 6.61 Å². The van der Waals surface area contributed by atoms with Gasteiger partial charge < -0.3 is 14.2 Å². The molecule has 3 nitrogen and oxygen atoms in total. The summed E-state index contributed by atoms with van der Waals surface area (Å²) in [5.41, 5.74) is 0. The number of benzene rings is 1. The summed E-state index contributed by atoms with van der Waals surface area (Å²) in [6.07, 6.45) is 0.919. The summed E-state index contributed by atoms with van der Waals surface area (Å²) >= 11 is 4.12. The number of thiol groups is 1. The van der Waals surface area contributed by atoms with Crippen LogP contribution in [0.1, 0.15) is 6.42 Å².